The lowest BCUT2D eigenvalue weighted by Gasteiger charge is -2.57. The number of carbonyl (C=O) groups is 3. The van der Waals surface area contributed by atoms with E-state index >= 15 is 0 Å². The first-order valence-electron chi connectivity index (χ1n) is 12.4. The van der Waals surface area contributed by atoms with Gasteiger partial charge < -0.3 is 19.5 Å². The van der Waals surface area contributed by atoms with Gasteiger partial charge in [0.05, 0.1) is 0 Å². The fourth-order valence-corrected chi connectivity index (χ4v) is 5.87. The van der Waals surface area contributed by atoms with Gasteiger partial charge in [-0.3, -0.25) is 4.90 Å². The molecular weight excluding hydrogens is 460 g/mol. The zero-order valence-corrected chi connectivity index (χ0v) is 20.9. The Kier molecular flexibility index (Phi) is 5.93. The third kappa shape index (κ3) is 4.18. The third-order valence-electron chi connectivity index (χ3n) is 7.59. The first-order chi connectivity index (χ1) is 17.1. The number of hydrogen-bond acceptors (Lipinski definition) is 5. The van der Waals surface area contributed by atoms with Crippen molar-refractivity contribution in [2.75, 3.05) is 26.2 Å². The second-order valence-electron chi connectivity index (χ2n) is 11.0. The number of nitrogens with zero attached hydrogens (tertiary/aromatic N) is 2. The summed E-state index contributed by atoms with van der Waals surface area (Å²) in [6, 6.07) is 15.4. The number of amides is 2. The number of fused-ring (bicyclic) bond motifs is 3. The van der Waals surface area contributed by atoms with Crippen molar-refractivity contribution >= 4 is 18.2 Å². The molecule has 0 radical (unpaired) electrons. The van der Waals surface area contributed by atoms with Crippen LogP contribution < -0.4 is 0 Å². The number of benzene rings is 2. The van der Waals surface area contributed by atoms with Gasteiger partial charge in [0.25, 0.3) is 0 Å². The second kappa shape index (κ2) is 8.84. The van der Waals surface area contributed by atoms with Gasteiger partial charge in [0.1, 0.15) is 18.2 Å². The maximum Gasteiger partial charge on any atom is 0.411 e. The van der Waals surface area contributed by atoms with Crippen LogP contribution in [0.3, 0.4) is 0 Å². The number of carboxylic acid groups (broad SMARTS) is 1. The molecule has 190 valence electrons. The molecule has 2 fully saturated rings. The van der Waals surface area contributed by atoms with Crippen LogP contribution in [0.1, 0.15) is 50.7 Å². The highest BCUT2D eigenvalue weighted by Crippen LogP contribution is 2.47. The molecule has 1 unspecified atom stereocenters. The number of carboxylic acids is 1. The van der Waals surface area contributed by atoms with Crippen LogP contribution in [0, 0.1) is 5.41 Å². The average Bonchev–Trinajstić information content (AvgIpc) is 3.13. The molecule has 8 heteroatoms. The van der Waals surface area contributed by atoms with Crippen molar-refractivity contribution in [2.24, 2.45) is 5.41 Å². The normalized spacial score (nSPS) is 20.4. The number of likely N-dealkylation sites (tertiary alicyclic amines) is 2. The van der Waals surface area contributed by atoms with Crippen LogP contribution in [-0.4, -0.2) is 70.9 Å². The topological polar surface area (TPSA) is 96.4 Å². The molecule has 2 heterocycles. The first kappa shape index (κ1) is 24.2. The van der Waals surface area contributed by atoms with Crippen molar-refractivity contribution in [1.82, 2.24) is 9.80 Å². The molecule has 36 heavy (non-hydrogen) atoms. The molecule has 0 saturated carbocycles. The lowest BCUT2D eigenvalue weighted by atomic mass is 9.65. The summed E-state index contributed by atoms with van der Waals surface area (Å²) in [7, 11) is 0. The molecule has 1 N–H and O–H groups in total. The fourth-order valence-electron chi connectivity index (χ4n) is 5.87. The molecule has 0 bridgehead atoms. The summed E-state index contributed by atoms with van der Waals surface area (Å²) in [5.74, 6) is -1.05. The molecule has 2 aromatic carbocycles. The smallest absolute Gasteiger partial charge is 0.411 e. The van der Waals surface area contributed by atoms with E-state index in [4.69, 9.17) is 9.47 Å². The van der Waals surface area contributed by atoms with Crippen molar-refractivity contribution < 1.29 is 29.0 Å². The summed E-state index contributed by atoms with van der Waals surface area (Å²) < 4.78 is 11.2. The summed E-state index contributed by atoms with van der Waals surface area (Å²) in [5, 5.41) is 9.85. The Bertz CT molecular complexity index is 1150. The molecule has 1 atom stereocenters. The standard InChI is InChI=1S/C28H32N2O6/c1-27(2,3)36-26(34)30-17-28(23(30)24(31)32)12-14-29(15-13-28)25(33)35-16-22-20-10-6-4-8-18(20)19-9-5-7-11-21(19)22/h4-11,22-23H,12-17H2,1-3H3,(H,31,32). The zero-order valence-electron chi connectivity index (χ0n) is 20.9. The number of rotatable bonds is 3. The highest BCUT2D eigenvalue weighted by atomic mass is 16.6. The summed E-state index contributed by atoms with van der Waals surface area (Å²) in [6.45, 7) is 6.61. The van der Waals surface area contributed by atoms with E-state index in [1.54, 1.807) is 25.7 Å². The molecule has 5 rings (SSSR count). The van der Waals surface area contributed by atoms with Crippen LogP contribution in [0.5, 0.6) is 0 Å². The first-order valence-corrected chi connectivity index (χ1v) is 12.4. The predicted molar refractivity (Wildman–Crippen MR) is 133 cm³/mol. The van der Waals surface area contributed by atoms with Crippen LogP contribution in [-0.2, 0) is 14.3 Å². The Morgan fingerprint density at radius 3 is 2.03 bits per heavy atom. The minimum Gasteiger partial charge on any atom is -0.480 e. The minimum atomic E-state index is -1.04. The maximum atomic E-state index is 12.9. The molecule has 8 nitrogen and oxygen atoms in total. The largest absolute Gasteiger partial charge is 0.480 e. The molecule has 2 aliphatic heterocycles. The quantitative estimate of drug-likeness (QED) is 0.666. The Hall–Kier alpha value is -3.55. The van der Waals surface area contributed by atoms with Gasteiger partial charge in [0, 0.05) is 31.0 Å². The summed E-state index contributed by atoms with van der Waals surface area (Å²) >= 11 is 0. The van der Waals surface area contributed by atoms with E-state index in [1.807, 2.05) is 24.3 Å². The number of hydrogen-bond donors (Lipinski definition) is 1. The summed E-state index contributed by atoms with van der Waals surface area (Å²) in [6.07, 6.45) is -0.0117. The molecular formula is C28H32N2O6. The lowest BCUT2D eigenvalue weighted by Crippen LogP contribution is -2.72. The monoisotopic (exact) mass is 492 g/mol. The lowest BCUT2D eigenvalue weighted by molar-refractivity contribution is -0.168. The molecule has 1 spiro atoms. The Morgan fingerprint density at radius 1 is 0.944 bits per heavy atom. The van der Waals surface area contributed by atoms with Crippen molar-refractivity contribution in [2.45, 2.75) is 51.2 Å². The number of piperidine rings is 1. The van der Waals surface area contributed by atoms with Gasteiger partial charge in [0.15, 0.2) is 0 Å². The van der Waals surface area contributed by atoms with E-state index in [0.29, 0.717) is 32.5 Å². The van der Waals surface area contributed by atoms with Crippen LogP contribution >= 0.6 is 0 Å². The van der Waals surface area contributed by atoms with Gasteiger partial charge in [-0.2, -0.15) is 0 Å². The molecule has 0 aromatic heterocycles. The van der Waals surface area contributed by atoms with Crippen LogP contribution in [0.25, 0.3) is 11.1 Å². The Morgan fingerprint density at radius 2 is 1.50 bits per heavy atom. The van der Waals surface area contributed by atoms with Gasteiger partial charge in [-0.25, -0.2) is 14.4 Å². The second-order valence-corrected chi connectivity index (χ2v) is 11.0. The van der Waals surface area contributed by atoms with Crippen molar-refractivity contribution in [3.8, 4) is 11.1 Å². The fraction of sp³-hybridized carbons (Fsp3) is 0.464. The summed E-state index contributed by atoms with van der Waals surface area (Å²) in [5.41, 5.74) is 3.41. The Labute approximate surface area is 210 Å². The number of ether oxygens (including phenoxy) is 2. The molecule has 1 aliphatic carbocycles. The van der Waals surface area contributed by atoms with Gasteiger partial charge in [0.2, 0.25) is 0 Å². The van der Waals surface area contributed by atoms with Crippen LogP contribution in [0.2, 0.25) is 0 Å². The van der Waals surface area contributed by atoms with Crippen molar-refractivity contribution in [3.63, 3.8) is 0 Å². The van der Waals surface area contributed by atoms with Crippen molar-refractivity contribution in [1.29, 1.82) is 0 Å². The van der Waals surface area contributed by atoms with Gasteiger partial charge in [-0.1, -0.05) is 48.5 Å². The minimum absolute atomic E-state index is 0.0112. The van der Waals surface area contributed by atoms with E-state index in [-0.39, 0.29) is 18.6 Å². The van der Waals surface area contributed by atoms with Gasteiger partial charge in [-0.15, -0.1) is 0 Å². The zero-order chi connectivity index (χ0) is 25.7. The van der Waals surface area contributed by atoms with E-state index < -0.39 is 29.1 Å². The van der Waals surface area contributed by atoms with Gasteiger partial charge >= 0.3 is 18.2 Å². The molecule has 3 aliphatic rings. The number of carbonyl (C=O) groups excluding carboxylic acids is 2. The van der Waals surface area contributed by atoms with Crippen LogP contribution in [0.4, 0.5) is 9.59 Å². The third-order valence-corrected chi connectivity index (χ3v) is 7.59. The highest BCUT2D eigenvalue weighted by Gasteiger charge is 2.60. The number of aliphatic carboxylic acids is 1. The predicted octanol–water partition coefficient (Wildman–Crippen LogP) is 4.72. The maximum absolute atomic E-state index is 12.9. The van der Waals surface area contributed by atoms with Gasteiger partial charge in [-0.05, 0) is 55.9 Å². The SMILES string of the molecule is CC(C)(C)OC(=O)N1CC2(CCN(C(=O)OCC3c4ccccc4-c4ccccc43)CC2)C1C(=O)O. The van der Waals surface area contributed by atoms with E-state index in [9.17, 15) is 19.5 Å². The van der Waals surface area contributed by atoms with E-state index in [2.05, 4.69) is 24.3 Å². The molecule has 2 aromatic rings. The van der Waals surface area contributed by atoms with E-state index in [1.165, 1.54) is 16.0 Å². The van der Waals surface area contributed by atoms with E-state index in [0.717, 1.165) is 11.1 Å². The van der Waals surface area contributed by atoms with Crippen LogP contribution in [0.15, 0.2) is 48.5 Å². The summed E-state index contributed by atoms with van der Waals surface area (Å²) in [4.78, 5) is 40.4. The van der Waals surface area contributed by atoms with Crippen molar-refractivity contribution in [3.05, 3.63) is 59.7 Å². The average molecular weight is 493 g/mol. The molecule has 2 amide bonds. The Balaban J connectivity index is 1.20. The highest BCUT2D eigenvalue weighted by molar-refractivity contribution is 5.84. The molecule has 2 saturated heterocycles.